The first kappa shape index (κ1) is 15.8. The Balaban J connectivity index is 2.00. The van der Waals surface area contributed by atoms with Crippen molar-refractivity contribution in [2.75, 3.05) is 27.7 Å². The highest BCUT2D eigenvalue weighted by atomic mass is 16.5. The molecule has 3 nitrogen and oxygen atoms in total. The normalized spacial score (nSPS) is 34.2. The molecule has 3 rings (SSSR count). The predicted octanol–water partition coefficient (Wildman–Crippen LogP) is 3.19. The smallest absolute Gasteiger partial charge is 0.122 e. The summed E-state index contributed by atoms with van der Waals surface area (Å²) in [6.07, 6.45) is 4.74. The van der Waals surface area contributed by atoms with Crippen LogP contribution in [-0.4, -0.2) is 37.8 Å². The quantitative estimate of drug-likeness (QED) is 0.927. The minimum absolute atomic E-state index is 0.314. The van der Waals surface area contributed by atoms with E-state index in [4.69, 9.17) is 4.74 Å². The van der Waals surface area contributed by atoms with Gasteiger partial charge in [0.15, 0.2) is 0 Å². The van der Waals surface area contributed by atoms with Crippen molar-refractivity contribution >= 4 is 0 Å². The van der Waals surface area contributed by atoms with Gasteiger partial charge >= 0.3 is 0 Å². The van der Waals surface area contributed by atoms with E-state index < -0.39 is 5.60 Å². The standard InChI is InChI=1S/C19H29NO2/c1-13-5-8-16(10-18(13)22-4)19(21)11-14-6-7-15(9-14)17(19)12-20(2)3/h5,8,10,14-15,17,21H,6-7,9,11-12H2,1-4H3/t14?,15?,17-,19-/m0/s1. The van der Waals surface area contributed by atoms with Gasteiger partial charge in [-0.2, -0.15) is 0 Å². The van der Waals surface area contributed by atoms with Gasteiger partial charge in [-0.1, -0.05) is 18.6 Å². The highest BCUT2D eigenvalue weighted by Gasteiger charge is 2.51. The second-order valence-corrected chi connectivity index (χ2v) is 7.62. The Kier molecular flexibility index (Phi) is 4.21. The third-order valence-corrected chi connectivity index (χ3v) is 5.83. The molecular weight excluding hydrogens is 274 g/mol. The zero-order valence-electron chi connectivity index (χ0n) is 14.3. The molecule has 122 valence electrons. The van der Waals surface area contributed by atoms with E-state index in [9.17, 15) is 5.11 Å². The summed E-state index contributed by atoms with van der Waals surface area (Å²) in [7, 11) is 5.92. The van der Waals surface area contributed by atoms with Crippen LogP contribution in [0.3, 0.4) is 0 Å². The Morgan fingerprint density at radius 1 is 1.32 bits per heavy atom. The van der Waals surface area contributed by atoms with Gasteiger partial charge in [-0.15, -0.1) is 0 Å². The lowest BCUT2D eigenvalue weighted by molar-refractivity contribution is -0.0892. The van der Waals surface area contributed by atoms with Gasteiger partial charge in [0.25, 0.3) is 0 Å². The van der Waals surface area contributed by atoms with E-state index in [-0.39, 0.29) is 0 Å². The number of aryl methyl sites for hydroxylation is 1. The lowest BCUT2D eigenvalue weighted by atomic mass is 9.66. The van der Waals surface area contributed by atoms with Crippen molar-refractivity contribution < 1.29 is 9.84 Å². The zero-order chi connectivity index (χ0) is 15.9. The maximum Gasteiger partial charge on any atom is 0.122 e. The maximum atomic E-state index is 11.7. The first-order valence-electron chi connectivity index (χ1n) is 8.46. The van der Waals surface area contributed by atoms with Gasteiger partial charge in [-0.3, -0.25) is 0 Å². The largest absolute Gasteiger partial charge is 0.496 e. The Labute approximate surface area is 134 Å². The number of hydrogen-bond donors (Lipinski definition) is 1. The van der Waals surface area contributed by atoms with Crippen LogP contribution in [0.2, 0.25) is 0 Å². The Hall–Kier alpha value is -1.06. The van der Waals surface area contributed by atoms with Gasteiger partial charge < -0.3 is 14.7 Å². The van der Waals surface area contributed by atoms with Crippen molar-refractivity contribution in [1.29, 1.82) is 0 Å². The summed E-state index contributed by atoms with van der Waals surface area (Å²) in [5.74, 6) is 2.53. The molecule has 0 amide bonds. The third-order valence-electron chi connectivity index (χ3n) is 5.83. The van der Waals surface area contributed by atoms with Crippen LogP contribution in [0.4, 0.5) is 0 Å². The number of ether oxygens (including phenoxy) is 1. The van der Waals surface area contributed by atoms with Crippen LogP contribution in [0.25, 0.3) is 0 Å². The number of rotatable bonds is 4. The van der Waals surface area contributed by atoms with Crippen molar-refractivity contribution in [3.8, 4) is 5.75 Å². The highest BCUT2D eigenvalue weighted by Crippen LogP contribution is 2.54. The lowest BCUT2D eigenvalue weighted by Gasteiger charge is -2.45. The van der Waals surface area contributed by atoms with Crippen LogP contribution in [0.5, 0.6) is 5.75 Å². The summed E-state index contributed by atoms with van der Waals surface area (Å²) >= 11 is 0. The molecule has 2 unspecified atom stereocenters. The van der Waals surface area contributed by atoms with Crippen LogP contribution >= 0.6 is 0 Å². The van der Waals surface area contributed by atoms with E-state index in [0.717, 1.165) is 29.8 Å². The average molecular weight is 303 g/mol. The molecule has 1 aromatic carbocycles. The van der Waals surface area contributed by atoms with Crippen LogP contribution in [0.15, 0.2) is 18.2 Å². The predicted molar refractivity (Wildman–Crippen MR) is 89.1 cm³/mol. The van der Waals surface area contributed by atoms with Gasteiger partial charge in [0.2, 0.25) is 0 Å². The van der Waals surface area contributed by atoms with Crippen molar-refractivity contribution in [2.45, 2.75) is 38.2 Å². The van der Waals surface area contributed by atoms with E-state index in [0.29, 0.717) is 17.8 Å². The van der Waals surface area contributed by atoms with Crippen LogP contribution < -0.4 is 4.74 Å². The Bertz CT molecular complexity index is 542. The molecule has 2 fully saturated rings. The monoisotopic (exact) mass is 303 g/mol. The molecule has 2 aliphatic rings. The molecule has 0 aliphatic heterocycles. The maximum absolute atomic E-state index is 11.7. The molecule has 0 saturated heterocycles. The second-order valence-electron chi connectivity index (χ2n) is 7.62. The molecule has 1 N–H and O–H groups in total. The first-order chi connectivity index (χ1) is 10.4. The molecule has 0 heterocycles. The van der Waals surface area contributed by atoms with Crippen LogP contribution in [0.1, 0.15) is 36.8 Å². The van der Waals surface area contributed by atoms with Crippen molar-refractivity contribution in [2.24, 2.45) is 17.8 Å². The first-order valence-corrected chi connectivity index (χ1v) is 8.46. The topological polar surface area (TPSA) is 32.7 Å². The number of nitrogens with zero attached hydrogens (tertiary/aromatic N) is 1. The fourth-order valence-corrected chi connectivity index (χ4v) is 4.76. The van der Waals surface area contributed by atoms with Gasteiger partial charge in [-0.25, -0.2) is 0 Å². The Morgan fingerprint density at radius 2 is 2.09 bits per heavy atom. The van der Waals surface area contributed by atoms with Gasteiger partial charge in [0.1, 0.15) is 5.75 Å². The summed E-state index contributed by atoms with van der Waals surface area (Å²) in [6, 6.07) is 6.24. The van der Waals surface area contributed by atoms with Gasteiger partial charge in [0, 0.05) is 12.5 Å². The zero-order valence-corrected chi connectivity index (χ0v) is 14.3. The van der Waals surface area contributed by atoms with Gasteiger partial charge in [-0.05, 0) is 69.3 Å². The van der Waals surface area contributed by atoms with E-state index >= 15 is 0 Å². The molecule has 4 atom stereocenters. The summed E-state index contributed by atoms with van der Waals surface area (Å²) in [6.45, 7) is 3.00. The second kappa shape index (κ2) is 5.86. The molecule has 3 heteroatoms. The van der Waals surface area contributed by atoms with E-state index in [2.05, 4.69) is 44.1 Å². The molecule has 22 heavy (non-hydrogen) atoms. The number of methoxy groups -OCH3 is 1. The van der Waals surface area contributed by atoms with Crippen LogP contribution in [0, 0.1) is 24.7 Å². The third kappa shape index (κ3) is 2.65. The molecule has 0 spiro atoms. The number of hydrogen-bond acceptors (Lipinski definition) is 3. The van der Waals surface area contributed by atoms with Crippen molar-refractivity contribution in [3.63, 3.8) is 0 Å². The van der Waals surface area contributed by atoms with Crippen LogP contribution in [-0.2, 0) is 5.60 Å². The molecule has 0 aromatic heterocycles. The molecule has 2 aliphatic carbocycles. The van der Waals surface area contributed by atoms with Crippen molar-refractivity contribution in [1.82, 2.24) is 4.90 Å². The summed E-state index contributed by atoms with van der Waals surface area (Å²) in [5, 5.41) is 11.7. The van der Waals surface area contributed by atoms with E-state index in [1.807, 2.05) is 0 Å². The number of fused-ring (bicyclic) bond motifs is 2. The van der Waals surface area contributed by atoms with E-state index in [1.165, 1.54) is 19.3 Å². The minimum Gasteiger partial charge on any atom is -0.496 e. The molecule has 2 saturated carbocycles. The molecule has 2 bridgehead atoms. The Morgan fingerprint density at radius 3 is 2.77 bits per heavy atom. The minimum atomic E-state index is -0.713. The summed E-state index contributed by atoms with van der Waals surface area (Å²) < 4.78 is 5.49. The SMILES string of the molecule is COc1cc([C@@]2(O)CC3CCC(C3)[C@@H]2CN(C)C)ccc1C. The molecular formula is C19H29NO2. The average Bonchev–Trinajstić information content (AvgIpc) is 2.87. The molecule has 0 radical (unpaired) electrons. The number of benzene rings is 1. The fourth-order valence-electron chi connectivity index (χ4n) is 4.76. The highest BCUT2D eigenvalue weighted by molar-refractivity contribution is 5.40. The van der Waals surface area contributed by atoms with E-state index in [1.54, 1.807) is 7.11 Å². The fraction of sp³-hybridized carbons (Fsp3) is 0.684. The van der Waals surface area contributed by atoms with Crippen molar-refractivity contribution in [3.05, 3.63) is 29.3 Å². The summed E-state index contributed by atoms with van der Waals surface area (Å²) in [5.41, 5.74) is 1.45. The summed E-state index contributed by atoms with van der Waals surface area (Å²) in [4.78, 5) is 2.22. The molecule has 1 aromatic rings. The van der Waals surface area contributed by atoms with Gasteiger partial charge in [0.05, 0.1) is 12.7 Å². The number of aliphatic hydroxyl groups is 1. The lowest BCUT2D eigenvalue weighted by Crippen LogP contribution is -2.47.